The van der Waals surface area contributed by atoms with Gasteiger partial charge in [0.1, 0.15) is 6.29 Å². The number of anilines is 1. The van der Waals surface area contributed by atoms with Crippen molar-refractivity contribution in [1.82, 2.24) is 0 Å². The summed E-state index contributed by atoms with van der Waals surface area (Å²) < 4.78 is 2.36. The van der Waals surface area contributed by atoms with Crippen molar-refractivity contribution in [3.05, 3.63) is 29.3 Å². The quantitative estimate of drug-likeness (QED) is 0.578. The molecule has 0 saturated carbocycles. The molecule has 0 aliphatic carbocycles. The number of benzene rings is 1. The molecule has 1 aromatic rings. The SMILES string of the molecule is Cc1cc(N2CCCCCS2)ccc1C=O. The topological polar surface area (TPSA) is 20.3 Å². The van der Waals surface area contributed by atoms with Gasteiger partial charge in [-0.25, -0.2) is 0 Å². The third kappa shape index (κ3) is 2.59. The van der Waals surface area contributed by atoms with Crippen LogP contribution in [0.15, 0.2) is 18.2 Å². The Labute approximate surface area is 101 Å². The first-order chi connectivity index (χ1) is 7.81. The zero-order valence-electron chi connectivity index (χ0n) is 9.61. The molecule has 0 bridgehead atoms. The minimum Gasteiger partial charge on any atom is -0.316 e. The van der Waals surface area contributed by atoms with Crippen LogP contribution in [0.1, 0.15) is 35.2 Å². The van der Waals surface area contributed by atoms with Gasteiger partial charge in [0.2, 0.25) is 0 Å². The van der Waals surface area contributed by atoms with Crippen LogP contribution in [0, 0.1) is 6.92 Å². The van der Waals surface area contributed by atoms with Gasteiger partial charge in [0.25, 0.3) is 0 Å². The highest BCUT2D eigenvalue weighted by molar-refractivity contribution is 8.00. The Morgan fingerprint density at radius 3 is 2.94 bits per heavy atom. The maximum absolute atomic E-state index is 10.8. The van der Waals surface area contributed by atoms with Crippen LogP contribution in [0.4, 0.5) is 5.69 Å². The average Bonchev–Trinajstić information content (AvgIpc) is 2.57. The van der Waals surface area contributed by atoms with Gasteiger partial charge in [-0.3, -0.25) is 4.79 Å². The molecule has 0 N–H and O–H groups in total. The largest absolute Gasteiger partial charge is 0.316 e. The number of rotatable bonds is 2. The summed E-state index contributed by atoms with van der Waals surface area (Å²) in [5.41, 5.74) is 3.09. The third-order valence-corrected chi connectivity index (χ3v) is 4.10. The molecule has 2 rings (SSSR count). The maximum Gasteiger partial charge on any atom is 0.150 e. The van der Waals surface area contributed by atoms with Gasteiger partial charge < -0.3 is 4.31 Å². The number of carbonyl (C=O) groups excluding carboxylic acids is 1. The van der Waals surface area contributed by atoms with E-state index in [2.05, 4.69) is 16.4 Å². The van der Waals surface area contributed by atoms with E-state index in [-0.39, 0.29) is 0 Å². The van der Waals surface area contributed by atoms with Crippen molar-refractivity contribution in [2.45, 2.75) is 26.2 Å². The molecule has 0 amide bonds. The Balaban J connectivity index is 2.19. The fraction of sp³-hybridized carbons (Fsp3) is 0.462. The molecular weight excluding hydrogens is 218 g/mol. The lowest BCUT2D eigenvalue weighted by Gasteiger charge is -2.21. The first-order valence-electron chi connectivity index (χ1n) is 5.77. The van der Waals surface area contributed by atoms with E-state index >= 15 is 0 Å². The normalized spacial score (nSPS) is 16.9. The first kappa shape index (κ1) is 11.5. The minimum absolute atomic E-state index is 0.795. The monoisotopic (exact) mass is 235 g/mol. The van der Waals surface area contributed by atoms with Gasteiger partial charge in [0, 0.05) is 23.5 Å². The third-order valence-electron chi connectivity index (χ3n) is 2.92. The number of hydrogen-bond acceptors (Lipinski definition) is 3. The summed E-state index contributed by atoms with van der Waals surface area (Å²) >= 11 is 1.90. The van der Waals surface area contributed by atoms with Crippen LogP contribution in [-0.4, -0.2) is 18.6 Å². The summed E-state index contributed by atoms with van der Waals surface area (Å²) in [7, 11) is 0. The Bertz CT molecular complexity index is 370. The lowest BCUT2D eigenvalue weighted by atomic mass is 10.1. The van der Waals surface area contributed by atoms with Crippen LogP contribution in [-0.2, 0) is 0 Å². The van der Waals surface area contributed by atoms with E-state index in [0.29, 0.717) is 0 Å². The van der Waals surface area contributed by atoms with Gasteiger partial charge >= 0.3 is 0 Å². The lowest BCUT2D eigenvalue weighted by Crippen LogP contribution is -2.14. The van der Waals surface area contributed by atoms with Crippen LogP contribution in [0.2, 0.25) is 0 Å². The Kier molecular flexibility index (Phi) is 3.88. The molecule has 16 heavy (non-hydrogen) atoms. The molecule has 2 nitrogen and oxygen atoms in total. The fourth-order valence-corrected chi connectivity index (χ4v) is 3.00. The fourth-order valence-electron chi connectivity index (χ4n) is 1.92. The zero-order chi connectivity index (χ0) is 11.4. The Morgan fingerprint density at radius 2 is 2.19 bits per heavy atom. The van der Waals surface area contributed by atoms with E-state index in [1.165, 1.54) is 30.7 Å². The van der Waals surface area contributed by atoms with Crippen molar-refractivity contribution in [1.29, 1.82) is 0 Å². The Hall–Kier alpha value is -0.960. The summed E-state index contributed by atoms with van der Waals surface area (Å²) in [4.78, 5) is 10.8. The van der Waals surface area contributed by atoms with Gasteiger partial charge in [-0.05, 0) is 55.5 Å². The smallest absolute Gasteiger partial charge is 0.150 e. The number of carbonyl (C=O) groups is 1. The van der Waals surface area contributed by atoms with Gasteiger partial charge in [0.05, 0.1) is 0 Å². The second-order valence-electron chi connectivity index (χ2n) is 4.15. The molecule has 0 unspecified atom stereocenters. The molecule has 3 heteroatoms. The van der Waals surface area contributed by atoms with Crippen LogP contribution in [0.5, 0.6) is 0 Å². The highest BCUT2D eigenvalue weighted by atomic mass is 32.2. The van der Waals surface area contributed by atoms with E-state index in [0.717, 1.165) is 24.0 Å². The van der Waals surface area contributed by atoms with Crippen molar-refractivity contribution in [2.75, 3.05) is 16.6 Å². The second kappa shape index (κ2) is 5.39. The molecule has 1 aliphatic rings. The molecule has 0 radical (unpaired) electrons. The number of hydrogen-bond donors (Lipinski definition) is 0. The van der Waals surface area contributed by atoms with E-state index in [4.69, 9.17) is 0 Å². The highest BCUT2D eigenvalue weighted by Gasteiger charge is 2.11. The standard InChI is InChI=1S/C13H17NOS/c1-11-9-13(6-5-12(11)10-15)14-7-3-2-4-8-16-14/h5-6,9-10H,2-4,7-8H2,1H3. The molecule has 1 heterocycles. The summed E-state index contributed by atoms with van der Waals surface area (Å²) in [6.45, 7) is 3.11. The Morgan fingerprint density at radius 1 is 1.31 bits per heavy atom. The molecule has 1 aromatic carbocycles. The van der Waals surface area contributed by atoms with Crippen molar-refractivity contribution in [2.24, 2.45) is 0 Å². The zero-order valence-corrected chi connectivity index (χ0v) is 10.4. The number of aryl methyl sites for hydroxylation is 1. The van der Waals surface area contributed by atoms with E-state index in [9.17, 15) is 4.79 Å². The van der Waals surface area contributed by atoms with Crippen molar-refractivity contribution >= 4 is 23.9 Å². The first-order valence-corrected chi connectivity index (χ1v) is 6.72. The van der Waals surface area contributed by atoms with Crippen LogP contribution in [0.3, 0.4) is 0 Å². The molecule has 1 fully saturated rings. The molecular formula is C13H17NOS. The predicted octanol–water partition coefficient (Wildman–Crippen LogP) is 3.45. The average molecular weight is 235 g/mol. The molecule has 0 spiro atoms. The summed E-state index contributed by atoms with van der Waals surface area (Å²) in [5, 5.41) is 0. The summed E-state index contributed by atoms with van der Waals surface area (Å²) in [6, 6.07) is 6.08. The predicted molar refractivity (Wildman–Crippen MR) is 70.2 cm³/mol. The summed E-state index contributed by atoms with van der Waals surface area (Å²) in [5.74, 6) is 1.20. The number of aldehydes is 1. The van der Waals surface area contributed by atoms with Crippen LogP contribution >= 0.6 is 11.9 Å². The number of nitrogens with zero attached hydrogens (tertiary/aromatic N) is 1. The van der Waals surface area contributed by atoms with Crippen molar-refractivity contribution in [3.63, 3.8) is 0 Å². The second-order valence-corrected chi connectivity index (χ2v) is 5.26. The molecule has 1 aliphatic heterocycles. The van der Waals surface area contributed by atoms with E-state index in [1.807, 2.05) is 24.9 Å². The minimum atomic E-state index is 0.795. The van der Waals surface area contributed by atoms with Gasteiger partial charge in [-0.1, -0.05) is 6.42 Å². The molecule has 1 saturated heterocycles. The maximum atomic E-state index is 10.8. The van der Waals surface area contributed by atoms with E-state index < -0.39 is 0 Å². The molecule has 86 valence electrons. The molecule has 0 aromatic heterocycles. The van der Waals surface area contributed by atoms with Crippen molar-refractivity contribution in [3.8, 4) is 0 Å². The lowest BCUT2D eigenvalue weighted by molar-refractivity contribution is 0.112. The highest BCUT2D eigenvalue weighted by Crippen LogP contribution is 2.28. The van der Waals surface area contributed by atoms with E-state index in [1.54, 1.807) is 0 Å². The summed E-state index contributed by atoms with van der Waals surface area (Å²) in [6.07, 6.45) is 4.83. The van der Waals surface area contributed by atoms with Gasteiger partial charge in [-0.2, -0.15) is 0 Å². The van der Waals surface area contributed by atoms with Crippen LogP contribution < -0.4 is 4.31 Å². The molecule has 0 atom stereocenters. The van der Waals surface area contributed by atoms with Crippen LogP contribution in [0.25, 0.3) is 0 Å². The van der Waals surface area contributed by atoms with Crippen molar-refractivity contribution < 1.29 is 4.79 Å². The van der Waals surface area contributed by atoms with Gasteiger partial charge in [-0.15, -0.1) is 0 Å². The van der Waals surface area contributed by atoms with Gasteiger partial charge in [0.15, 0.2) is 0 Å².